The molecule has 0 bridgehead atoms. The monoisotopic (exact) mass is 283 g/mol. The maximum absolute atomic E-state index is 12.0. The fourth-order valence-electron chi connectivity index (χ4n) is 2.07. The summed E-state index contributed by atoms with van der Waals surface area (Å²) in [6.07, 6.45) is 0.384. The van der Waals surface area contributed by atoms with Crippen LogP contribution < -0.4 is 4.74 Å². The molecule has 104 valence electrons. The van der Waals surface area contributed by atoms with Crippen LogP contribution in [0.3, 0.4) is 0 Å². The summed E-state index contributed by atoms with van der Waals surface area (Å²) in [5.41, 5.74) is 0. The second kappa shape index (κ2) is 6.26. The van der Waals surface area contributed by atoms with Crippen molar-refractivity contribution in [1.29, 1.82) is 0 Å². The quantitative estimate of drug-likeness (QED) is 0.833. The predicted molar refractivity (Wildman–Crippen MR) is 73.5 cm³/mol. The topological polar surface area (TPSA) is 38.8 Å². The van der Waals surface area contributed by atoms with Crippen LogP contribution in [0.1, 0.15) is 13.3 Å². The highest BCUT2D eigenvalue weighted by Crippen LogP contribution is 2.22. The molecule has 0 spiro atoms. The van der Waals surface area contributed by atoms with Crippen molar-refractivity contribution in [3.05, 3.63) is 29.3 Å². The Balaban J connectivity index is 1.82. The van der Waals surface area contributed by atoms with E-state index in [1.165, 1.54) is 0 Å². The van der Waals surface area contributed by atoms with Crippen molar-refractivity contribution in [2.24, 2.45) is 0 Å². The molecule has 1 atom stereocenters. The lowest BCUT2D eigenvalue weighted by Crippen LogP contribution is -2.58. The van der Waals surface area contributed by atoms with Gasteiger partial charge in [-0.1, -0.05) is 24.6 Å². The number of methoxy groups -OCH3 is 1. The van der Waals surface area contributed by atoms with Crippen molar-refractivity contribution in [2.75, 3.05) is 20.2 Å². The Morgan fingerprint density at radius 3 is 2.84 bits per heavy atom. The smallest absolute Gasteiger partial charge is 0.251 e. The van der Waals surface area contributed by atoms with Gasteiger partial charge in [-0.05, 0) is 24.6 Å². The largest absolute Gasteiger partial charge is 0.487 e. The van der Waals surface area contributed by atoms with Crippen molar-refractivity contribution >= 4 is 17.5 Å². The minimum Gasteiger partial charge on any atom is -0.487 e. The van der Waals surface area contributed by atoms with Gasteiger partial charge in [0, 0.05) is 12.1 Å². The summed E-state index contributed by atoms with van der Waals surface area (Å²) in [6, 6.07) is 7.28. The number of rotatable bonds is 5. The van der Waals surface area contributed by atoms with Crippen LogP contribution >= 0.6 is 11.6 Å². The van der Waals surface area contributed by atoms with E-state index in [-0.39, 0.29) is 18.1 Å². The van der Waals surface area contributed by atoms with Crippen LogP contribution in [0.5, 0.6) is 5.75 Å². The van der Waals surface area contributed by atoms with Gasteiger partial charge >= 0.3 is 0 Å². The lowest BCUT2D eigenvalue weighted by atomic mass is 10.1. The van der Waals surface area contributed by atoms with Crippen molar-refractivity contribution in [1.82, 2.24) is 4.90 Å². The lowest BCUT2D eigenvalue weighted by Gasteiger charge is -2.40. The van der Waals surface area contributed by atoms with E-state index in [4.69, 9.17) is 21.1 Å². The van der Waals surface area contributed by atoms with Gasteiger partial charge in [-0.15, -0.1) is 0 Å². The summed E-state index contributed by atoms with van der Waals surface area (Å²) < 4.78 is 10.9. The predicted octanol–water partition coefficient (Wildman–Crippen LogP) is 2.35. The molecule has 1 saturated heterocycles. The van der Waals surface area contributed by atoms with Crippen molar-refractivity contribution in [2.45, 2.75) is 25.6 Å². The highest BCUT2D eigenvalue weighted by atomic mass is 35.5. The number of hydrogen-bond acceptors (Lipinski definition) is 3. The standard InChI is InChI=1S/C14H18ClNO3/c1-3-13(18-2)14(17)16-8-12(9-16)19-11-6-4-5-10(15)7-11/h4-7,12-13H,3,8-9H2,1-2H3. The lowest BCUT2D eigenvalue weighted by molar-refractivity contribution is -0.151. The Hall–Kier alpha value is -1.26. The van der Waals surface area contributed by atoms with Gasteiger partial charge in [-0.3, -0.25) is 4.79 Å². The van der Waals surface area contributed by atoms with E-state index < -0.39 is 0 Å². The molecule has 0 aliphatic carbocycles. The van der Waals surface area contributed by atoms with E-state index in [9.17, 15) is 4.79 Å². The van der Waals surface area contributed by atoms with Crippen LogP contribution in [0, 0.1) is 0 Å². The molecule has 4 nitrogen and oxygen atoms in total. The number of benzene rings is 1. The molecule has 1 aliphatic rings. The van der Waals surface area contributed by atoms with E-state index in [2.05, 4.69) is 0 Å². The molecule has 0 aromatic heterocycles. The molecule has 5 heteroatoms. The number of nitrogens with zero attached hydrogens (tertiary/aromatic N) is 1. The summed E-state index contributed by atoms with van der Waals surface area (Å²) in [4.78, 5) is 13.7. The number of amides is 1. The molecular weight excluding hydrogens is 266 g/mol. The molecular formula is C14H18ClNO3. The summed E-state index contributed by atoms with van der Waals surface area (Å²) in [5.74, 6) is 0.777. The molecule has 1 aromatic carbocycles. The highest BCUT2D eigenvalue weighted by Gasteiger charge is 2.35. The molecule has 19 heavy (non-hydrogen) atoms. The molecule has 1 unspecified atom stereocenters. The van der Waals surface area contributed by atoms with Gasteiger partial charge in [-0.25, -0.2) is 0 Å². The summed E-state index contributed by atoms with van der Waals surface area (Å²) in [6.45, 7) is 3.14. The zero-order valence-electron chi connectivity index (χ0n) is 11.1. The molecule has 1 heterocycles. The first-order valence-electron chi connectivity index (χ1n) is 6.37. The van der Waals surface area contributed by atoms with Gasteiger partial charge in [-0.2, -0.15) is 0 Å². The zero-order valence-corrected chi connectivity index (χ0v) is 11.9. The number of likely N-dealkylation sites (tertiary alicyclic amines) is 1. The molecule has 1 amide bonds. The Bertz CT molecular complexity index is 442. The SMILES string of the molecule is CCC(OC)C(=O)N1CC(Oc2cccc(Cl)c2)C1. The van der Waals surface area contributed by atoms with Crippen molar-refractivity contribution in [3.63, 3.8) is 0 Å². The van der Waals surface area contributed by atoms with Gasteiger partial charge in [0.2, 0.25) is 0 Å². The number of halogens is 1. The number of hydrogen-bond donors (Lipinski definition) is 0. The normalized spacial score (nSPS) is 16.9. The van der Waals surface area contributed by atoms with E-state index >= 15 is 0 Å². The van der Waals surface area contributed by atoms with E-state index in [1.807, 2.05) is 19.1 Å². The minimum atomic E-state index is -0.341. The maximum Gasteiger partial charge on any atom is 0.251 e. The van der Waals surface area contributed by atoms with Gasteiger partial charge < -0.3 is 14.4 Å². The fraction of sp³-hybridized carbons (Fsp3) is 0.500. The van der Waals surface area contributed by atoms with Crippen LogP contribution in [-0.2, 0) is 9.53 Å². The van der Waals surface area contributed by atoms with E-state index in [0.717, 1.165) is 5.75 Å². The maximum atomic E-state index is 12.0. The average Bonchev–Trinajstić information content (AvgIpc) is 2.34. The van der Waals surface area contributed by atoms with Crippen LogP contribution in [0.15, 0.2) is 24.3 Å². The fourth-order valence-corrected chi connectivity index (χ4v) is 2.25. The number of ether oxygens (including phenoxy) is 2. The minimum absolute atomic E-state index is 0.0379. The molecule has 1 fully saturated rings. The Labute approximate surface area is 118 Å². The first-order chi connectivity index (χ1) is 9.13. The first kappa shape index (κ1) is 14.2. The third kappa shape index (κ3) is 3.39. The second-order valence-electron chi connectivity index (χ2n) is 4.57. The van der Waals surface area contributed by atoms with E-state index in [0.29, 0.717) is 24.5 Å². The van der Waals surface area contributed by atoms with Gasteiger partial charge in [0.15, 0.2) is 0 Å². The first-order valence-corrected chi connectivity index (χ1v) is 6.75. The molecule has 0 saturated carbocycles. The van der Waals surface area contributed by atoms with Gasteiger partial charge in [0.1, 0.15) is 18.0 Å². The van der Waals surface area contributed by atoms with Crippen molar-refractivity contribution < 1.29 is 14.3 Å². The number of carbonyl (C=O) groups excluding carboxylic acids is 1. The van der Waals surface area contributed by atoms with Crippen LogP contribution in [0.4, 0.5) is 0 Å². The second-order valence-corrected chi connectivity index (χ2v) is 5.01. The van der Waals surface area contributed by atoms with Gasteiger partial charge in [0.25, 0.3) is 5.91 Å². The summed E-state index contributed by atoms with van der Waals surface area (Å²) in [7, 11) is 1.56. The molecule has 0 N–H and O–H groups in total. The summed E-state index contributed by atoms with van der Waals surface area (Å²) >= 11 is 5.89. The Kier molecular flexibility index (Phi) is 4.66. The summed E-state index contributed by atoms with van der Waals surface area (Å²) in [5, 5.41) is 0.648. The Morgan fingerprint density at radius 1 is 1.53 bits per heavy atom. The average molecular weight is 284 g/mol. The van der Waals surface area contributed by atoms with Crippen molar-refractivity contribution in [3.8, 4) is 5.75 Å². The van der Waals surface area contributed by atoms with Crippen LogP contribution in [0.2, 0.25) is 5.02 Å². The number of carbonyl (C=O) groups is 1. The van der Waals surface area contributed by atoms with Crippen LogP contribution in [0.25, 0.3) is 0 Å². The molecule has 1 aliphatic heterocycles. The highest BCUT2D eigenvalue weighted by molar-refractivity contribution is 6.30. The molecule has 2 rings (SSSR count). The van der Waals surface area contributed by atoms with E-state index in [1.54, 1.807) is 24.1 Å². The van der Waals surface area contributed by atoms with Crippen LogP contribution in [-0.4, -0.2) is 43.2 Å². The zero-order chi connectivity index (χ0) is 13.8. The molecule has 1 aromatic rings. The van der Waals surface area contributed by atoms with Gasteiger partial charge in [0.05, 0.1) is 13.1 Å². The Morgan fingerprint density at radius 2 is 2.26 bits per heavy atom. The third-order valence-corrected chi connectivity index (χ3v) is 3.42. The third-order valence-electron chi connectivity index (χ3n) is 3.19. The molecule has 0 radical (unpaired) electrons.